The van der Waals surface area contributed by atoms with E-state index >= 15 is 0 Å². The number of hydrogen-bond donors (Lipinski definition) is 0. The zero-order chi connectivity index (χ0) is 14.3. The van der Waals surface area contributed by atoms with Gasteiger partial charge in [-0.25, -0.2) is 9.48 Å². The van der Waals surface area contributed by atoms with Crippen molar-refractivity contribution in [3.8, 4) is 17.2 Å². The van der Waals surface area contributed by atoms with E-state index in [4.69, 9.17) is 9.15 Å². The SMILES string of the molecule is COc1ccc(-c2nc3c(c(C)nn3C)c(=O)o2)cc1. The highest BCUT2D eigenvalue weighted by atomic mass is 16.5. The molecule has 0 radical (unpaired) electrons. The summed E-state index contributed by atoms with van der Waals surface area (Å²) in [5, 5.41) is 4.61. The van der Waals surface area contributed by atoms with E-state index in [-0.39, 0.29) is 5.89 Å². The van der Waals surface area contributed by atoms with Crippen LogP contribution in [0, 0.1) is 6.92 Å². The monoisotopic (exact) mass is 271 g/mol. The fourth-order valence-corrected chi connectivity index (χ4v) is 2.13. The zero-order valence-corrected chi connectivity index (χ0v) is 11.4. The summed E-state index contributed by atoms with van der Waals surface area (Å²) in [4.78, 5) is 16.4. The van der Waals surface area contributed by atoms with Crippen molar-refractivity contribution in [3.63, 3.8) is 0 Å². The predicted octanol–water partition coefficient (Wildman–Crippen LogP) is 1.91. The molecule has 0 saturated heterocycles. The summed E-state index contributed by atoms with van der Waals surface area (Å²) in [5.74, 6) is 1.00. The Morgan fingerprint density at radius 3 is 2.60 bits per heavy atom. The second kappa shape index (κ2) is 4.48. The lowest BCUT2D eigenvalue weighted by Gasteiger charge is -2.02. The second-order valence-electron chi connectivity index (χ2n) is 4.44. The summed E-state index contributed by atoms with van der Waals surface area (Å²) in [7, 11) is 3.34. The van der Waals surface area contributed by atoms with Crippen LogP contribution in [0.5, 0.6) is 5.75 Å². The van der Waals surface area contributed by atoms with Gasteiger partial charge in [0.2, 0.25) is 5.89 Å². The van der Waals surface area contributed by atoms with Crippen LogP contribution < -0.4 is 10.4 Å². The maximum atomic E-state index is 12.0. The molecule has 6 nitrogen and oxygen atoms in total. The zero-order valence-electron chi connectivity index (χ0n) is 11.4. The number of aryl methyl sites for hydroxylation is 2. The Kier molecular flexibility index (Phi) is 2.78. The van der Waals surface area contributed by atoms with E-state index in [1.54, 1.807) is 50.0 Å². The van der Waals surface area contributed by atoms with Gasteiger partial charge in [0.05, 0.1) is 12.8 Å². The lowest BCUT2D eigenvalue weighted by molar-refractivity contribution is 0.415. The second-order valence-corrected chi connectivity index (χ2v) is 4.44. The average Bonchev–Trinajstić information content (AvgIpc) is 2.74. The van der Waals surface area contributed by atoms with Gasteiger partial charge < -0.3 is 9.15 Å². The molecular formula is C14H13N3O3. The molecule has 0 fully saturated rings. The molecule has 3 rings (SSSR count). The molecule has 102 valence electrons. The highest BCUT2D eigenvalue weighted by Gasteiger charge is 2.15. The van der Waals surface area contributed by atoms with Crippen molar-refractivity contribution >= 4 is 11.0 Å². The first-order valence-electron chi connectivity index (χ1n) is 6.09. The summed E-state index contributed by atoms with van der Waals surface area (Å²) >= 11 is 0. The predicted molar refractivity (Wildman–Crippen MR) is 73.8 cm³/mol. The average molecular weight is 271 g/mol. The molecule has 0 atom stereocenters. The fraction of sp³-hybridized carbons (Fsp3) is 0.214. The van der Waals surface area contributed by atoms with Gasteiger partial charge in [-0.15, -0.1) is 0 Å². The Morgan fingerprint density at radius 2 is 1.95 bits per heavy atom. The van der Waals surface area contributed by atoms with Gasteiger partial charge >= 0.3 is 5.63 Å². The molecule has 0 bridgehead atoms. The Labute approximate surface area is 114 Å². The van der Waals surface area contributed by atoms with Crippen molar-refractivity contribution in [2.45, 2.75) is 6.92 Å². The van der Waals surface area contributed by atoms with Crippen molar-refractivity contribution in [1.29, 1.82) is 0 Å². The van der Waals surface area contributed by atoms with Gasteiger partial charge in [0, 0.05) is 12.6 Å². The molecule has 0 aliphatic carbocycles. The molecular weight excluding hydrogens is 258 g/mol. The third kappa shape index (κ3) is 1.85. The van der Waals surface area contributed by atoms with Crippen molar-refractivity contribution in [2.24, 2.45) is 7.05 Å². The van der Waals surface area contributed by atoms with Crippen LogP contribution in [0.15, 0.2) is 33.5 Å². The first-order valence-corrected chi connectivity index (χ1v) is 6.09. The smallest absolute Gasteiger partial charge is 0.350 e. The minimum absolute atomic E-state index is 0.271. The van der Waals surface area contributed by atoms with Crippen molar-refractivity contribution in [3.05, 3.63) is 40.4 Å². The first-order chi connectivity index (χ1) is 9.60. The highest BCUT2D eigenvalue weighted by Crippen LogP contribution is 2.22. The molecule has 0 saturated carbocycles. The van der Waals surface area contributed by atoms with Crippen LogP contribution in [-0.2, 0) is 7.05 Å². The van der Waals surface area contributed by atoms with E-state index in [1.165, 1.54) is 0 Å². The van der Waals surface area contributed by atoms with Crippen LogP contribution in [0.2, 0.25) is 0 Å². The summed E-state index contributed by atoms with van der Waals surface area (Å²) in [6.07, 6.45) is 0. The number of rotatable bonds is 2. The third-order valence-corrected chi connectivity index (χ3v) is 3.13. The Bertz CT molecular complexity index is 831. The van der Waals surface area contributed by atoms with E-state index in [1.807, 2.05) is 0 Å². The lowest BCUT2D eigenvalue weighted by atomic mass is 10.2. The molecule has 0 aliphatic heterocycles. The number of nitrogens with zero attached hydrogens (tertiary/aromatic N) is 3. The number of methoxy groups -OCH3 is 1. The van der Waals surface area contributed by atoms with Gasteiger partial charge in [0.15, 0.2) is 5.65 Å². The number of benzene rings is 1. The van der Waals surface area contributed by atoms with Gasteiger partial charge in [0.1, 0.15) is 11.1 Å². The first kappa shape index (κ1) is 12.4. The Morgan fingerprint density at radius 1 is 1.25 bits per heavy atom. The minimum atomic E-state index is -0.425. The molecule has 2 heterocycles. The van der Waals surface area contributed by atoms with E-state index in [0.717, 1.165) is 5.75 Å². The molecule has 6 heteroatoms. The normalized spacial score (nSPS) is 10.9. The molecule has 0 spiro atoms. The van der Waals surface area contributed by atoms with Crippen LogP contribution in [-0.4, -0.2) is 21.9 Å². The molecule has 0 amide bonds. The van der Waals surface area contributed by atoms with Crippen molar-refractivity contribution < 1.29 is 9.15 Å². The van der Waals surface area contributed by atoms with Crippen LogP contribution in [0.1, 0.15) is 5.69 Å². The van der Waals surface area contributed by atoms with Gasteiger partial charge in [0.25, 0.3) is 0 Å². The summed E-state index contributed by atoms with van der Waals surface area (Å²) in [5.41, 5.74) is 1.42. The fourth-order valence-electron chi connectivity index (χ4n) is 2.13. The largest absolute Gasteiger partial charge is 0.497 e. The maximum absolute atomic E-state index is 12.0. The van der Waals surface area contributed by atoms with Crippen molar-refractivity contribution in [2.75, 3.05) is 7.11 Å². The van der Waals surface area contributed by atoms with E-state index < -0.39 is 5.63 Å². The molecule has 20 heavy (non-hydrogen) atoms. The Hall–Kier alpha value is -2.63. The number of aromatic nitrogens is 3. The van der Waals surface area contributed by atoms with Gasteiger partial charge in [-0.05, 0) is 31.2 Å². The van der Waals surface area contributed by atoms with E-state index in [2.05, 4.69) is 10.1 Å². The van der Waals surface area contributed by atoms with Gasteiger partial charge in [-0.1, -0.05) is 0 Å². The standard InChI is InChI=1S/C14H13N3O3/c1-8-11-12(17(2)16-8)15-13(20-14(11)18)9-4-6-10(19-3)7-5-9/h4-7H,1-3H3. The van der Waals surface area contributed by atoms with E-state index in [9.17, 15) is 4.79 Å². The highest BCUT2D eigenvalue weighted by molar-refractivity contribution is 5.78. The summed E-state index contributed by atoms with van der Waals surface area (Å²) in [6, 6.07) is 7.16. The molecule has 2 aromatic heterocycles. The number of ether oxygens (including phenoxy) is 1. The van der Waals surface area contributed by atoms with Crippen LogP contribution in [0.3, 0.4) is 0 Å². The van der Waals surface area contributed by atoms with E-state index in [0.29, 0.717) is 22.3 Å². The Balaban J connectivity index is 2.21. The number of hydrogen-bond acceptors (Lipinski definition) is 5. The summed E-state index contributed by atoms with van der Waals surface area (Å²) in [6.45, 7) is 1.76. The molecule has 0 aliphatic rings. The molecule has 0 unspecified atom stereocenters. The topological polar surface area (TPSA) is 70.2 Å². The van der Waals surface area contributed by atoms with Crippen LogP contribution in [0.4, 0.5) is 0 Å². The number of fused-ring (bicyclic) bond motifs is 1. The summed E-state index contributed by atoms with van der Waals surface area (Å²) < 4.78 is 12.0. The molecule has 3 aromatic rings. The van der Waals surface area contributed by atoms with Gasteiger partial charge in [-0.3, -0.25) is 0 Å². The quantitative estimate of drug-likeness (QED) is 0.712. The molecule has 1 aromatic carbocycles. The van der Waals surface area contributed by atoms with Crippen LogP contribution in [0.25, 0.3) is 22.5 Å². The van der Waals surface area contributed by atoms with Crippen molar-refractivity contribution in [1.82, 2.24) is 14.8 Å². The lowest BCUT2D eigenvalue weighted by Crippen LogP contribution is -2.04. The van der Waals surface area contributed by atoms with Crippen LogP contribution >= 0.6 is 0 Å². The van der Waals surface area contributed by atoms with Gasteiger partial charge in [-0.2, -0.15) is 10.1 Å². The minimum Gasteiger partial charge on any atom is -0.497 e. The third-order valence-electron chi connectivity index (χ3n) is 3.13. The maximum Gasteiger partial charge on any atom is 0.350 e. The molecule has 0 N–H and O–H groups in total.